The number of carbonyl (C=O) groups excluding carboxylic acids is 2. The van der Waals surface area contributed by atoms with Crippen molar-refractivity contribution < 1.29 is 14.3 Å². The molecule has 0 heterocycles. The molecule has 1 amide bonds. The van der Waals surface area contributed by atoms with Gasteiger partial charge in [-0.1, -0.05) is 49.9 Å². The third-order valence-electron chi connectivity index (χ3n) is 5.05. The summed E-state index contributed by atoms with van der Waals surface area (Å²) in [6, 6.07) is 11.3. The first-order valence-corrected chi connectivity index (χ1v) is 8.75. The standard InChI is InChI=1S/C20H24N2O3/c1-25-19(24)20(10-6-2-3-7-11-20)22-18(23)16-12-14-8-4-5-9-15(14)13-17(16)21/h4-5,8-9,12-13H,2-3,6-7,10-11,21H2,1H3,(H,22,23). The molecule has 0 bridgehead atoms. The average Bonchev–Trinajstić information content (AvgIpc) is 2.86. The van der Waals surface area contributed by atoms with Crippen molar-refractivity contribution in [2.24, 2.45) is 0 Å². The molecule has 0 spiro atoms. The average molecular weight is 340 g/mol. The van der Waals surface area contributed by atoms with Crippen LogP contribution in [0.25, 0.3) is 10.8 Å². The van der Waals surface area contributed by atoms with E-state index >= 15 is 0 Å². The molecule has 0 aromatic heterocycles. The summed E-state index contributed by atoms with van der Waals surface area (Å²) >= 11 is 0. The van der Waals surface area contributed by atoms with Crippen molar-refractivity contribution in [2.75, 3.05) is 12.8 Å². The van der Waals surface area contributed by atoms with Gasteiger partial charge in [-0.05, 0) is 35.7 Å². The summed E-state index contributed by atoms with van der Waals surface area (Å²) in [5, 5.41) is 4.87. The summed E-state index contributed by atoms with van der Waals surface area (Å²) in [7, 11) is 1.37. The molecule has 0 aliphatic heterocycles. The van der Waals surface area contributed by atoms with Crippen LogP contribution >= 0.6 is 0 Å². The van der Waals surface area contributed by atoms with Gasteiger partial charge in [0.15, 0.2) is 0 Å². The van der Waals surface area contributed by atoms with E-state index in [-0.39, 0.29) is 11.9 Å². The summed E-state index contributed by atoms with van der Waals surface area (Å²) in [6.07, 6.45) is 5.10. The number of nitrogen functional groups attached to an aromatic ring is 1. The number of esters is 1. The minimum absolute atomic E-state index is 0.324. The highest BCUT2D eigenvalue weighted by Gasteiger charge is 2.41. The lowest BCUT2D eigenvalue weighted by Gasteiger charge is -2.31. The van der Waals surface area contributed by atoms with Crippen molar-refractivity contribution >= 4 is 28.3 Å². The molecule has 5 nitrogen and oxygen atoms in total. The molecule has 1 fully saturated rings. The number of amides is 1. The van der Waals surface area contributed by atoms with Crippen LogP contribution in [-0.4, -0.2) is 24.5 Å². The smallest absolute Gasteiger partial charge is 0.331 e. The number of benzene rings is 2. The maximum Gasteiger partial charge on any atom is 0.331 e. The predicted molar refractivity (Wildman–Crippen MR) is 98.3 cm³/mol. The fraction of sp³-hybridized carbons (Fsp3) is 0.400. The third-order valence-corrected chi connectivity index (χ3v) is 5.05. The van der Waals surface area contributed by atoms with Gasteiger partial charge in [0.1, 0.15) is 5.54 Å². The maximum atomic E-state index is 12.9. The molecule has 1 aliphatic rings. The van der Waals surface area contributed by atoms with Gasteiger partial charge in [0.2, 0.25) is 0 Å². The van der Waals surface area contributed by atoms with Gasteiger partial charge in [-0.3, -0.25) is 4.79 Å². The van der Waals surface area contributed by atoms with Crippen molar-refractivity contribution in [2.45, 2.75) is 44.1 Å². The second kappa shape index (κ2) is 7.13. The number of fused-ring (bicyclic) bond motifs is 1. The number of nitrogens with one attached hydrogen (secondary N) is 1. The molecule has 0 atom stereocenters. The zero-order chi connectivity index (χ0) is 17.9. The van der Waals surface area contributed by atoms with Crippen LogP contribution in [0.1, 0.15) is 48.9 Å². The van der Waals surface area contributed by atoms with Crippen LogP contribution in [0.5, 0.6) is 0 Å². The highest BCUT2D eigenvalue weighted by Crippen LogP contribution is 2.30. The van der Waals surface area contributed by atoms with E-state index in [0.717, 1.165) is 36.5 Å². The Hall–Kier alpha value is -2.56. The van der Waals surface area contributed by atoms with E-state index in [1.807, 2.05) is 24.3 Å². The van der Waals surface area contributed by atoms with E-state index in [4.69, 9.17) is 10.5 Å². The van der Waals surface area contributed by atoms with E-state index in [1.54, 1.807) is 12.1 Å². The first-order chi connectivity index (χ1) is 12.1. The van der Waals surface area contributed by atoms with Gasteiger partial charge in [0, 0.05) is 5.69 Å². The number of nitrogens with two attached hydrogens (primary N) is 1. The van der Waals surface area contributed by atoms with E-state index in [1.165, 1.54) is 7.11 Å². The quantitative estimate of drug-likeness (QED) is 0.510. The SMILES string of the molecule is COC(=O)C1(NC(=O)c2cc3ccccc3cc2N)CCCCCC1. The summed E-state index contributed by atoms with van der Waals surface area (Å²) in [5.41, 5.74) is 5.94. The van der Waals surface area contributed by atoms with Gasteiger partial charge in [0.25, 0.3) is 5.91 Å². The normalized spacial score (nSPS) is 16.8. The highest BCUT2D eigenvalue weighted by molar-refractivity contribution is 6.05. The lowest BCUT2D eigenvalue weighted by atomic mass is 9.89. The van der Waals surface area contributed by atoms with Crippen molar-refractivity contribution in [3.63, 3.8) is 0 Å². The lowest BCUT2D eigenvalue weighted by Crippen LogP contribution is -2.54. The number of carbonyl (C=O) groups is 2. The first kappa shape index (κ1) is 17.3. The monoisotopic (exact) mass is 340 g/mol. The Labute approximate surface area is 147 Å². The Morgan fingerprint density at radius 3 is 2.24 bits per heavy atom. The molecule has 1 aliphatic carbocycles. The fourth-order valence-corrected chi connectivity index (χ4v) is 3.65. The molecule has 0 unspecified atom stereocenters. The van der Waals surface area contributed by atoms with Gasteiger partial charge >= 0.3 is 5.97 Å². The number of anilines is 1. The van der Waals surface area contributed by atoms with Gasteiger partial charge in [-0.25, -0.2) is 4.79 Å². The summed E-state index contributed by atoms with van der Waals surface area (Å²) in [4.78, 5) is 25.4. The minimum Gasteiger partial charge on any atom is -0.467 e. The summed E-state index contributed by atoms with van der Waals surface area (Å²) < 4.78 is 5.00. The molecule has 2 aromatic rings. The molecular weight excluding hydrogens is 316 g/mol. The molecular formula is C20H24N2O3. The lowest BCUT2D eigenvalue weighted by molar-refractivity contribution is -0.148. The Kier molecular flexibility index (Phi) is 4.93. The molecule has 0 saturated heterocycles. The zero-order valence-electron chi connectivity index (χ0n) is 14.5. The molecule has 1 saturated carbocycles. The van der Waals surface area contributed by atoms with Crippen LogP contribution in [0.3, 0.4) is 0 Å². The van der Waals surface area contributed by atoms with Crippen LogP contribution in [0.15, 0.2) is 36.4 Å². The van der Waals surface area contributed by atoms with E-state index < -0.39 is 5.54 Å². The Balaban J connectivity index is 1.93. The predicted octanol–water partition coefficient (Wildman–Crippen LogP) is 3.42. The van der Waals surface area contributed by atoms with Crippen LogP contribution in [0.4, 0.5) is 5.69 Å². The Morgan fingerprint density at radius 2 is 1.64 bits per heavy atom. The van der Waals surface area contributed by atoms with E-state index in [2.05, 4.69) is 5.32 Å². The highest BCUT2D eigenvalue weighted by atomic mass is 16.5. The number of hydrogen-bond acceptors (Lipinski definition) is 4. The van der Waals surface area contributed by atoms with Crippen LogP contribution in [0, 0.1) is 0 Å². The van der Waals surface area contributed by atoms with E-state index in [0.29, 0.717) is 24.1 Å². The molecule has 3 N–H and O–H groups in total. The number of ether oxygens (including phenoxy) is 1. The molecule has 25 heavy (non-hydrogen) atoms. The van der Waals surface area contributed by atoms with Crippen molar-refractivity contribution in [1.82, 2.24) is 5.32 Å². The van der Waals surface area contributed by atoms with Crippen LogP contribution in [-0.2, 0) is 9.53 Å². The zero-order valence-corrected chi connectivity index (χ0v) is 14.5. The van der Waals surface area contributed by atoms with E-state index in [9.17, 15) is 9.59 Å². The second-order valence-electron chi connectivity index (χ2n) is 6.73. The molecule has 0 radical (unpaired) electrons. The maximum absolute atomic E-state index is 12.9. The third kappa shape index (κ3) is 3.45. The first-order valence-electron chi connectivity index (χ1n) is 8.75. The van der Waals surface area contributed by atoms with Gasteiger partial charge in [-0.15, -0.1) is 0 Å². The minimum atomic E-state index is -0.958. The van der Waals surface area contributed by atoms with Gasteiger partial charge < -0.3 is 15.8 Å². The van der Waals surface area contributed by atoms with Gasteiger partial charge in [-0.2, -0.15) is 0 Å². The van der Waals surface area contributed by atoms with Crippen LogP contribution < -0.4 is 11.1 Å². The topological polar surface area (TPSA) is 81.4 Å². The number of methoxy groups -OCH3 is 1. The van der Waals surface area contributed by atoms with Gasteiger partial charge in [0.05, 0.1) is 12.7 Å². The Morgan fingerprint density at radius 1 is 1.04 bits per heavy atom. The van der Waals surface area contributed by atoms with Crippen LogP contribution in [0.2, 0.25) is 0 Å². The van der Waals surface area contributed by atoms with Crippen molar-refractivity contribution in [3.8, 4) is 0 Å². The van der Waals surface area contributed by atoms with Crippen molar-refractivity contribution in [1.29, 1.82) is 0 Å². The molecule has 132 valence electrons. The summed E-state index contributed by atoms with van der Waals surface area (Å²) in [5.74, 6) is -0.697. The molecule has 3 rings (SSSR count). The largest absolute Gasteiger partial charge is 0.467 e. The Bertz CT molecular complexity index is 793. The number of hydrogen-bond donors (Lipinski definition) is 2. The molecule has 2 aromatic carbocycles. The molecule has 5 heteroatoms. The fourth-order valence-electron chi connectivity index (χ4n) is 3.65. The summed E-state index contributed by atoms with van der Waals surface area (Å²) in [6.45, 7) is 0. The van der Waals surface area contributed by atoms with Crippen molar-refractivity contribution in [3.05, 3.63) is 42.0 Å². The number of rotatable bonds is 3. The second-order valence-corrected chi connectivity index (χ2v) is 6.73.